The van der Waals surface area contributed by atoms with Gasteiger partial charge in [0.25, 0.3) is 5.91 Å². The van der Waals surface area contributed by atoms with Gasteiger partial charge in [-0.2, -0.15) is 0 Å². The average Bonchev–Trinajstić information content (AvgIpc) is 3.37. The number of hydrogen-bond donors (Lipinski definition) is 1. The van der Waals surface area contributed by atoms with E-state index in [0.29, 0.717) is 12.6 Å². The predicted molar refractivity (Wildman–Crippen MR) is 111 cm³/mol. The second kappa shape index (κ2) is 7.44. The molecular formula is C21H26N4OS. The van der Waals surface area contributed by atoms with Crippen molar-refractivity contribution in [3.63, 3.8) is 0 Å². The number of carbonyl (C=O) groups excluding carboxylic acids is 1. The number of pyridine rings is 1. The summed E-state index contributed by atoms with van der Waals surface area (Å²) in [5, 5.41) is 4.26. The normalized spacial score (nSPS) is 17.7. The first kappa shape index (κ1) is 18.2. The summed E-state index contributed by atoms with van der Waals surface area (Å²) < 4.78 is 2.03. The van der Waals surface area contributed by atoms with Crippen molar-refractivity contribution in [1.29, 1.82) is 0 Å². The summed E-state index contributed by atoms with van der Waals surface area (Å²) >= 11 is 1.49. The van der Waals surface area contributed by atoms with Gasteiger partial charge in [0.1, 0.15) is 9.71 Å². The molecule has 3 aromatic heterocycles. The van der Waals surface area contributed by atoms with E-state index in [1.165, 1.54) is 17.8 Å². The molecule has 142 valence electrons. The Bertz CT molecular complexity index is 960. The molecule has 1 N–H and O–H groups in total. The lowest BCUT2D eigenvalue weighted by Crippen LogP contribution is -2.40. The fourth-order valence-corrected chi connectivity index (χ4v) is 5.35. The number of aromatic nitrogens is 2. The van der Waals surface area contributed by atoms with Gasteiger partial charge >= 0.3 is 0 Å². The first-order valence-corrected chi connectivity index (χ1v) is 10.5. The van der Waals surface area contributed by atoms with E-state index >= 15 is 0 Å². The Hall–Kier alpha value is -2.18. The molecule has 0 saturated carbocycles. The third-order valence-corrected chi connectivity index (χ3v) is 6.51. The van der Waals surface area contributed by atoms with Crippen LogP contribution < -0.4 is 5.32 Å². The molecule has 1 saturated heterocycles. The zero-order valence-electron chi connectivity index (χ0n) is 16.2. The van der Waals surface area contributed by atoms with Crippen LogP contribution in [0.3, 0.4) is 0 Å². The van der Waals surface area contributed by atoms with Crippen molar-refractivity contribution in [1.82, 2.24) is 19.8 Å². The number of amides is 1. The molecule has 0 radical (unpaired) electrons. The number of carbonyl (C=O) groups is 1. The lowest BCUT2D eigenvalue weighted by atomic mass is 10.1. The minimum Gasteiger partial charge on any atom is -0.350 e. The molecule has 0 aliphatic carbocycles. The molecule has 1 aliphatic heterocycles. The molecule has 3 aromatic rings. The number of likely N-dealkylation sites (N-methyl/N-ethyl adjacent to an activating group) is 1. The minimum atomic E-state index is 0.00158. The van der Waals surface area contributed by atoms with Crippen LogP contribution >= 0.6 is 11.3 Å². The molecule has 1 unspecified atom stereocenters. The second-order valence-electron chi connectivity index (χ2n) is 7.27. The first-order chi connectivity index (χ1) is 13.1. The second-order valence-corrected chi connectivity index (χ2v) is 8.26. The lowest BCUT2D eigenvalue weighted by molar-refractivity contribution is 0.0945. The Morgan fingerprint density at radius 3 is 2.85 bits per heavy atom. The molecular weight excluding hydrogens is 356 g/mol. The SMILES string of the molecule is CCN1CCCC1CNC(=O)c1sc2nc(C)cc(C)c2c1-n1cccc1. The summed E-state index contributed by atoms with van der Waals surface area (Å²) in [6.07, 6.45) is 6.36. The Kier molecular flexibility index (Phi) is 5.02. The van der Waals surface area contributed by atoms with Crippen LogP contribution in [-0.4, -0.2) is 46.0 Å². The highest BCUT2D eigenvalue weighted by Crippen LogP contribution is 2.35. The molecule has 27 heavy (non-hydrogen) atoms. The number of nitrogens with one attached hydrogen (secondary N) is 1. The van der Waals surface area contributed by atoms with Crippen LogP contribution in [0.1, 0.15) is 40.7 Å². The van der Waals surface area contributed by atoms with Crippen molar-refractivity contribution in [3.05, 3.63) is 46.7 Å². The number of thiophene rings is 1. The number of aryl methyl sites for hydroxylation is 2. The van der Waals surface area contributed by atoms with Gasteiger partial charge in [-0.05, 0) is 63.5 Å². The van der Waals surface area contributed by atoms with Gasteiger partial charge in [0.15, 0.2) is 0 Å². The zero-order chi connectivity index (χ0) is 19.0. The van der Waals surface area contributed by atoms with Crippen molar-refractivity contribution in [3.8, 4) is 5.69 Å². The Labute approximate surface area is 164 Å². The summed E-state index contributed by atoms with van der Waals surface area (Å²) in [7, 11) is 0. The first-order valence-electron chi connectivity index (χ1n) is 9.64. The van der Waals surface area contributed by atoms with E-state index in [0.717, 1.165) is 51.5 Å². The van der Waals surface area contributed by atoms with Crippen LogP contribution in [0.5, 0.6) is 0 Å². The Morgan fingerprint density at radius 2 is 2.11 bits per heavy atom. The van der Waals surface area contributed by atoms with Crippen LogP contribution in [0.2, 0.25) is 0 Å². The van der Waals surface area contributed by atoms with Crippen molar-refractivity contribution in [2.45, 2.75) is 39.7 Å². The van der Waals surface area contributed by atoms with Gasteiger partial charge in [-0.1, -0.05) is 6.92 Å². The monoisotopic (exact) mass is 382 g/mol. The van der Waals surface area contributed by atoms with E-state index in [1.54, 1.807) is 0 Å². The van der Waals surface area contributed by atoms with Gasteiger partial charge < -0.3 is 9.88 Å². The summed E-state index contributed by atoms with van der Waals surface area (Å²) in [5.41, 5.74) is 3.09. The zero-order valence-corrected chi connectivity index (χ0v) is 17.0. The smallest absolute Gasteiger partial charge is 0.263 e. The third-order valence-electron chi connectivity index (χ3n) is 5.43. The Morgan fingerprint density at radius 1 is 1.33 bits per heavy atom. The highest BCUT2D eigenvalue weighted by Gasteiger charge is 2.26. The van der Waals surface area contributed by atoms with Gasteiger partial charge in [-0.15, -0.1) is 11.3 Å². The summed E-state index contributed by atoms with van der Waals surface area (Å²) in [6.45, 7) is 9.17. The molecule has 5 nitrogen and oxygen atoms in total. The number of fused-ring (bicyclic) bond motifs is 1. The predicted octanol–water partition coefficient (Wildman–Crippen LogP) is 3.92. The highest BCUT2D eigenvalue weighted by atomic mass is 32.1. The summed E-state index contributed by atoms with van der Waals surface area (Å²) in [4.78, 5) is 21.9. The van der Waals surface area contributed by atoms with Crippen LogP contribution in [0.15, 0.2) is 30.6 Å². The van der Waals surface area contributed by atoms with Crippen LogP contribution in [-0.2, 0) is 0 Å². The van der Waals surface area contributed by atoms with Crippen molar-refractivity contribution < 1.29 is 4.79 Å². The van der Waals surface area contributed by atoms with E-state index in [2.05, 4.69) is 35.1 Å². The molecule has 4 heterocycles. The standard InChI is InChI=1S/C21H26N4OS/c1-4-24-11-7-8-16(24)13-22-20(26)19-18(25-9-5-6-10-25)17-14(2)12-15(3)23-21(17)27-19/h5-6,9-10,12,16H,4,7-8,11,13H2,1-3H3,(H,22,26). The Balaban J connectivity index is 1.69. The third kappa shape index (κ3) is 3.39. The van der Waals surface area contributed by atoms with E-state index in [1.807, 2.05) is 36.0 Å². The van der Waals surface area contributed by atoms with E-state index in [9.17, 15) is 4.79 Å². The molecule has 1 aliphatic rings. The number of likely N-dealkylation sites (tertiary alicyclic amines) is 1. The quantitative estimate of drug-likeness (QED) is 0.728. The van der Waals surface area contributed by atoms with Crippen molar-refractivity contribution in [2.75, 3.05) is 19.6 Å². The number of rotatable bonds is 5. The minimum absolute atomic E-state index is 0.00158. The topological polar surface area (TPSA) is 50.2 Å². The van der Waals surface area contributed by atoms with Crippen LogP contribution in [0.4, 0.5) is 0 Å². The van der Waals surface area contributed by atoms with Crippen LogP contribution in [0.25, 0.3) is 15.9 Å². The van der Waals surface area contributed by atoms with E-state index in [-0.39, 0.29) is 5.91 Å². The number of nitrogens with zero attached hydrogens (tertiary/aromatic N) is 3. The van der Waals surface area contributed by atoms with Crippen molar-refractivity contribution >= 4 is 27.5 Å². The van der Waals surface area contributed by atoms with E-state index < -0.39 is 0 Å². The molecule has 0 bridgehead atoms. The average molecular weight is 383 g/mol. The van der Waals surface area contributed by atoms with Crippen molar-refractivity contribution in [2.24, 2.45) is 0 Å². The van der Waals surface area contributed by atoms with Gasteiger partial charge in [0.05, 0.1) is 5.69 Å². The maximum absolute atomic E-state index is 13.1. The number of hydrogen-bond acceptors (Lipinski definition) is 4. The summed E-state index contributed by atoms with van der Waals surface area (Å²) in [5.74, 6) is 0.00158. The molecule has 0 aromatic carbocycles. The van der Waals surface area contributed by atoms with Gasteiger partial charge in [-0.25, -0.2) is 4.98 Å². The fraction of sp³-hybridized carbons (Fsp3) is 0.429. The van der Waals surface area contributed by atoms with E-state index in [4.69, 9.17) is 0 Å². The molecule has 4 rings (SSSR count). The fourth-order valence-electron chi connectivity index (χ4n) is 4.14. The molecule has 1 atom stereocenters. The molecule has 1 amide bonds. The van der Waals surface area contributed by atoms with Crippen LogP contribution in [0, 0.1) is 13.8 Å². The maximum Gasteiger partial charge on any atom is 0.263 e. The van der Waals surface area contributed by atoms with Gasteiger partial charge in [0.2, 0.25) is 0 Å². The molecule has 1 fully saturated rings. The highest BCUT2D eigenvalue weighted by molar-refractivity contribution is 7.21. The van der Waals surface area contributed by atoms with Gasteiger partial charge in [0, 0.05) is 36.1 Å². The molecule has 0 spiro atoms. The largest absolute Gasteiger partial charge is 0.350 e. The van der Waals surface area contributed by atoms with Gasteiger partial charge in [-0.3, -0.25) is 9.69 Å². The maximum atomic E-state index is 13.1. The lowest BCUT2D eigenvalue weighted by Gasteiger charge is -2.22. The summed E-state index contributed by atoms with van der Waals surface area (Å²) in [6, 6.07) is 6.51. The molecule has 6 heteroatoms.